The molecule has 1 aliphatic carbocycles. The van der Waals surface area contributed by atoms with E-state index >= 15 is 0 Å². The van der Waals surface area contributed by atoms with Crippen LogP contribution in [-0.4, -0.2) is 13.6 Å². The number of hydrogen-bond acceptors (Lipinski definition) is 2. The van der Waals surface area contributed by atoms with Crippen molar-refractivity contribution in [3.63, 3.8) is 0 Å². The topological polar surface area (TPSA) is 29.3 Å². The number of rotatable bonds is 3. The summed E-state index contributed by atoms with van der Waals surface area (Å²) in [4.78, 5) is 2.31. The van der Waals surface area contributed by atoms with E-state index in [2.05, 4.69) is 31.0 Å². The third-order valence-corrected chi connectivity index (χ3v) is 2.75. The fraction of sp³-hybridized carbons (Fsp3) is 0.500. The molecule has 1 fully saturated rings. The second kappa shape index (κ2) is 3.52. The molecular weight excluding hydrogens is 172 g/mol. The Labute approximate surface area is 85.7 Å². The van der Waals surface area contributed by atoms with Crippen molar-refractivity contribution in [3.8, 4) is 0 Å². The molecule has 0 amide bonds. The Balaban J connectivity index is 2.12. The first kappa shape index (κ1) is 9.38. The van der Waals surface area contributed by atoms with Crippen molar-refractivity contribution in [2.45, 2.75) is 19.8 Å². The second-order valence-electron chi connectivity index (χ2n) is 4.43. The fourth-order valence-corrected chi connectivity index (χ4v) is 1.81. The van der Waals surface area contributed by atoms with Crippen LogP contribution in [0.2, 0.25) is 0 Å². The van der Waals surface area contributed by atoms with E-state index in [1.807, 2.05) is 6.07 Å². The first-order valence-electron chi connectivity index (χ1n) is 5.23. The Morgan fingerprint density at radius 1 is 1.36 bits per heavy atom. The molecule has 0 aromatic heterocycles. The molecule has 1 aliphatic rings. The van der Waals surface area contributed by atoms with Crippen molar-refractivity contribution in [1.82, 2.24) is 0 Å². The van der Waals surface area contributed by atoms with Crippen LogP contribution in [0.15, 0.2) is 18.2 Å². The largest absolute Gasteiger partial charge is 0.399 e. The van der Waals surface area contributed by atoms with E-state index in [9.17, 15) is 0 Å². The predicted octanol–water partition coefficient (Wildman–Crippen LogP) is 2.42. The van der Waals surface area contributed by atoms with E-state index < -0.39 is 0 Å². The molecule has 0 bridgehead atoms. The molecule has 1 saturated carbocycles. The SMILES string of the molecule is Cc1cc(N)cc(N(C)CC2CC2)c1. The summed E-state index contributed by atoms with van der Waals surface area (Å²) >= 11 is 0. The van der Waals surface area contributed by atoms with Crippen LogP contribution in [0.3, 0.4) is 0 Å². The Kier molecular flexibility index (Phi) is 2.36. The van der Waals surface area contributed by atoms with Gasteiger partial charge in [-0.3, -0.25) is 0 Å². The van der Waals surface area contributed by atoms with Crippen LogP contribution < -0.4 is 10.6 Å². The third kappa shape index (κ3) is 2.19. The molecular formula is C12H18N2. The number of nitrogen functional groups attached to an aromatic ring is 1. The Morgan fingerprint density at radius 3 is 2.64 bits per heavy atom. The molecule has 0 heterocycles. The lowest BCUT2D eigenvalue weighted by atomic mass is 10.2. The lowest BCUT2D eigenvalue weighted by Crippen LogP contribution is -2.20. The normalized spacial score (nSPS) is 15.6. The van der Waals surface area contributed by atoms with Gasteiger partial charge in [0.1, 0.15) is 0 Å². The monoisotopic (exact) mass is 190 g/mol. The molecule has 1 aromatic rings. The van der Waals surface area contributed by atoms with Crippen LogP contribution in [0.4, 0.5) is 11.4 Å². The van der Waals surface area contributed by atoms with Crippen molar-refractivity contribution < 1.29 is 0 Å². The molecule has 76 valence electrons. The average Bonchev–Trinajstić information content (AvgIpc) is 2.86. The number of aryl methyl sites for hydroxylation is 1. The van der Waals surface area contributed by atoms with Crippen LogP contribution in [0.1, 0.15) is 18.4 Å². The first-order chi connectivity index (χ1) is 6.65. The zero-order valence-electron chi connectivity index (χ0n) is 8.96. The lowest BCUT2D eigenvalue weighted by molar-refractivity contribution is 0.787. The van der Waals surface area contributed by atoms with Gasteiger partial charge in [0.05, 0.1) is 0 Å². The van der Waals surface area contributed by atoms with Crippen molar-refractivity contribution in [3.05, 3.63) is 23.8 Å². The summed E-state index contributed by atoms with van der Waals surface area (Å²) in [6.07, 6.45) is 2.79. The summed E-state index contributed by atoms with van der Waals surface area (Å²) in [7, 11) is 2.15. The van der Waals surface area contributed by atoms with Gasteiger partial charge in [-0.15, -0.1) is 0 Å². The van der Waals surface area contributed by atoms with Gasteiger partial charge in [0.2, 0.25) is 0 Å². The second-order valence-corrected chi connectivity index (χ2v) is 4.43. The van der Waals surface area contributed by atoms with Crippen molar-refractivity contribution in [2.24, 2.45) is 5.92 Å². The molecule has 0 aliphatic heterocycles. The maximum Gasteiger partial charge on any atom is 0.0387 e. The van der Waals surface area contributed by atoms with Crippen LogP contribution in [0.25, 0.3) is 0 Å². The van der Waals surface area contributed by atoms with Crippen LogP contribution in [-0.2, 0) is 0 Å². The van der Waals surface area contributed by atoms with Crippen molar-refractivity contribution in [1.29, 1.82) is 0 Å². The quantitative estimate of drug-likeness (QED) is 0.742. The van der Waals surface area contributed by atoms with Gasteiger partial charge < -0.3 is 10.6 Å². The number of nitrogens with zero attached hydrogens (tertiary/aromatic N) is 1. The highest BCUT2D eigenvalue weighted by atomic mass is 15.1. The van der Waals surface area contributed by atoms with E-state index in [1.54, 1.807) is 0 Å². The summed E-state index contributed by atoms with van der Waals surface area (Å²) in [5.41, 5.74) is 9.16. The van der Waals surface area contributed by atoms with Gasteiger partial charge in [-0.2, -0.15) is 0 Å². The summed E-state index contributed by atoms with van der Waals surface area (Å²) in [5.74, 6) is 0.918. The summed E-state index contributed by atoms with van der Waals surface area (Å²) in [5, 5.41) is 0. The van der Waals surface area contributed by atoms with Gasteiger partial charge in [-0.05, 0) is 49.4 Å². The molecule has 2 rings (SSSR count). The Bertz CT molecular complexity index is 309. The minimum atomic E-state index is 0.864. The minimum absolute atomic E-state index is 0.864. The number of benzene rings is 1. The highest BCUT2D eigenvalue weighted by molar-refractivity contribution is 5.58. The standard InChI is InChI=1S/C12H18N2/c1-9-5-11(13)7-12(6-9)14(2)8-10-3-4-10/h5-7,10H,3-4,8,13H2,1-2H3. The van der Waals surface area contributed by atoms with Crippen molar-refractivity contribution in [2.75, 3.05) is 24.2 Å². The average molecular weight is 190 g/mol. The molecule has 0 atom stereocenters. The zero-order valence-corrected chi connectivity index (χ0v) is 8.96. The highest BCUT2D eigenvalue weighted by Gasteiger charge is 2.22. The van der Waals surface area contributed by atoms with Crippen LogP contribution >= 0.6 is 0 Å². The third-order valence-electron chi connectivity index (χ3n) is 2.75. The van der Waals surface area contributed by atoms with E-state index in [0.29, 0.717) is 0 Å². The maximum atomic E-state index is 5.82. The van der Waals surface area contributed by atoms with Gasteiger partial charge >= 0.3 is 0 Å². The molecule has 0 radical (unpaired) electrons. The summed E-state index contributed by atoms with van der Waals surface area (Å²) in [6.45, 7) is 3.26. The molecule has 2 heteroatoms. The van der Waals surface area contributed by atoms with E-state index in [0.717, 1.165) is 11.6 Å². The van der Waals surface area contributed by atoms with Crippen molar-refractivity contribution >= 4 is 11.4 Å². The van der Waals surface area contributed by atoms with Gasteiger partial charge in [0, 0.05) is 25.0 Å². The highest BCUT2D eigenvalue weighted by Crippen LogP contribution is 2.31. The summed E-state index contributed by atoms with van der Waals surface area (Å²) < 4.78 is 0. The van der Waals surface area contributed by atoms with Gasteiger partial charge in [-0.1, -0.05) is 0 Å². The summed E-state index contributed by atoms with van der Waals surface area (Å²) in [6, 6.07) is 6.25. The fourth-order valence-electron chi connectivity index (χ4n) is 1.81. The smallest absolute Gasteiger partial charge is 0.0387 e. The number of nitrogens with two attached hydrogens (primary N) is 1. The van der Waals surface area contributed by atoms with Gasteiger partial charge in [0.25, 0.3) is 0 Å². The maximum absolute atomic E-state index is 5.82. The van der Waals surface area contributed by atoms with Crippen LogP contribution in [0.5, 0.6) is 0 Å². The molecule has 0 spiro atoms. The van der Waals surface area contributed by atoms with E-state index in [1.165, 1.54) is 30.6 Å². The zero-order chi connectivity index (χ0) is 10.1. The molecule has 2 N–H and O–H groups in total. The van der Waals surface area contributed by atoms with E-state index in [4.69, 9.17) is 5.73 Å². The van der Waals surface area contributed by atoms with Gasteiger partial charge in [-0.25, -0.2) is 0 Å². The molecule has 2 nitrogen and oxygen atoms in total. The molecule has 0 unspecified atom stereocenters. The molecule has 1 aromatic carbocycles. The minimum Gasteiger partial charge on any atom is -0.399 e. The van der Waals surface area contributed by atoms with Crippen LogP contribution in [0, 0.1) is 12.8 Å². The van der Waals surface area contributed by atoms with E-state index in [-0.39, 0.29) is 0 Å². The molecule has 14 heavy (non-hydrogen) atoms. The Hall–Kier alpha value is -1.18. The molecule has 0 saturated heterocycles. The first-order valence-corrected chi connectivity index (χ1v) is 5.23. The Morgan fingerprint density at radius 2 is 2.07 bits per heavy atom. The lowest BCUT2D eigenvalue weighted by Gasteiger charge is -2.20. The number of anilines is 2. The number of hydrogen-bond donors (Lipinski definition) is 1. The van der Waals surface area contributed by atoms with Gasteiger partial charge in [0.15, 0.2) is 0 Å². The predicted molar refractivity (Wildman–Crippen MR) is 61.6 cm³/mol.